The van der Waals surface area contributed by atoms with Crippen LogP contribution in [-0.4, -0.2) is 18.2 Å². The molecule has 2 aromatic rings. The second kappa shape index (κ2) is 7.87. The van der Waals surface area contributed by atoms with Crippen LogP contribution in [0.25, 0.3) is 0 Å². The van der Waals surface area contributed by atoms with Crippen LogP contribution in [0.1, 0.15) is 17.0 Å². The molecule has 0 aliphatic rings. The summed E-state index contributed by atoms with van der Waals surface area (Å²) in [4.78, 5) is 4.28. The Bertz CT molecular complexity index is 588. The molecule has 0 aliphatic heterocycles. The Morgan fingerprint density at radius 2 is 2.00 bits per heavy atom. The topological polar surface area (TPSA) is 85.7 Å². The van der Waals surface area contributed by atoms with Gasteiger partial charge in [-0.1, -0.05) is 5.16 Å². The molecule has 0 radical (unpaired) electrons. The van der Waals surface area contributed by atoms with Crippen LogP contribution in [0.4, 0.5) is 5.69 Å². The number of anilines is 1. The fourth-order valence-corrected chi connectivity index (χ4v) is 1.75. The van der Waals surface area contributed by atoms with Crippen molar-refractivity contribution in [3.05, 3.63) is 41.3 Å². The number of hydrogen-bond acceptors (Lipinski definition) is 4. The maximum Gasteiger partial charge on any atom is 0.193 e. The number of guanidine groups is 1. The lowest BCUT2D eigenvalue weighted by Crippen LogP contribution is -2.22. The van der Waals surface area contributed by atoms with E-state index in [1.54, 1.807) is 7.11 Å². The molecule has 0 spiro atoms. The van der Waals surface area contributed by atoms with Crippen LogP contribution in [0, 0.1) is 13.8 Å². The van der Waals surface area contributed by atoms with Crippen molar-refractivity contribution in [3.8, 4) is 5.75 Å². The zero-order valence-electron chi connectivity index (χ0n) is 12.2. The Kier molecular flexibility index (Phi) is 6.47. The number of hydrogen-bond donors (Lipinski definition) is 2. The molecule has 0 amide bonds. The maximum atomic E-state index is 5.85. The summed E-state index contributed by atoms with van der Waals surface area (Å²) in [6.45, 7) is 4.18. The van der Waals surface area contributed by atoms with Gasteiger partial charge in [0.05, 0.1) is 19.3 Å². The molecule has 0 saturated heterocycles. The van der Waals surface area contributed by atoms with E-state index < -0.39 is 0 Å². The summed E-state index contributed by atoms with van der Waals surface area (Å²) < 4.78 is 10.2. The van der Waals surface area contributed by atoms with Crippen LogP contribution in [0.3, 0.4) is 0 Å². The average Bonchev–Trinajstić information content (AvgIpc) is 2.77. The summed E-state index contributed by atoms with van der Waals surface area (Å²) in [5.74, 6) is 1.90. The summed E-state index contributed by atoms with van der Waals surface area (Å²) in [5, 5.41) is 6.89. The molecule has 3 N–H and O–H groups in total. The first-order valence-electron chi connectivity index (χ1n) is 6.23. The van der Waals surface area contributed by atoms with Gasteiger partial charge in [-0.2, -0.15) is 0 Å². The molecule has 0 saturated carbocycles. The standard InChI is InChI=1S/C14H18N4O2.HI/c1-9-13(10(2)20-18-9)8-16-14(15)17-11-4-6-12(19-3)7-5-11;/h4-7H,8H2,1-3H3,(H3,15,16,17);1H. The van der Waals surface area contributed by atoms with Gasteiger partial charge in [-0.3, -0.25) is 0 Å². The molecular formula is C14H19IN4O2. The largest absolute Gasteiger partial charge is 0.497 e. The van der Waals surface area contributed by atoms with E-state index in [9.17, 15) is 0 Å². The third kappa shape index (κ3) is 4.62. The van der Waals surface area contributed by atoms with E-state index in [2.05, 4.69) is 15.5 Å². The number of benzene rings is 1. The van der Waals surface area contributed by atoms with Crippen LogP contribution in [-0.2, 0) is 6.54 Å². The molecule has 21 heavy (non-hydrogen) atoms. The number of ether oxygens (including phenoxy) is 1. The Labute approximate surface area is 140 Å². The quantitative estimate of drug-likeness (QED) is 0.467. The van der Waals surface area contributed by atoms with Gasteiger partial charge in [0.1, 0.15) is 11.5 Å². The van der Waals surface area contributed by atoms with Crippen molar-refractivity contribution < 1.29 is 9.26 Å². The molecule has 1 heterocycles. The molecule has 0 unspecified atom stereocenters. The fourth-order valence-electron chi connectivity index (χ4n) is 1.75. The fraction of sp³-hybridized carbons (Fsp3) is 0.286. The van der Waals surface area contributed by atoms with Crippen LogP contribution in [0.5, 0.6) is 5.75 Å². The number of rotatable bonds is 4. The lowest BCUT2D eigenvalue weighted by Gasteiger charge is -2.06. The van der Waals surface area contributed by atoms with Crippen LogP contribution < -0.4 is 15.8 Å². The highest BCUT2D eigenvalue weighted by Crippen LogP contribution is 2.15. The molecule has 2 rings (SSSR count). The van der Waals surface area contributed by atoms with E-state index in [-0.39, 0.29) is 24.0 Å². The van der Waals surface area contributed by atoms with Crippen molar-refractivity contribution >= 4 is 35.6 Å². The second-order valence-electron chi connectivity index (χ2n) is 4.36. The van der Waals surface area contributed by atoms with Crippen molar-refractivity contribution in [2.45, 2.75) is 20.4 Å². The van der Waals surface area contributed by atoms with Gasteiger partial charge in [0.25, 0.3) is 0 Å². The Balaban J connectivity index is 0.00000220. The van der Waals surface area contributed by atoms with Gasteiger partial charge in [0.15, 0.2) is 5.96 Å². The number of aryl methyl sites for hydroxylation is 2. The molecule has 0 bridgehead atoms. The van der Waals surface area contributed by atoms with E-state index >= 15 is 0 Å². The van der Waals surface area contributed by atoms with Gasteiger partial charge in [-0.15, -0.1) is 24.0 Å². The lowest BCUT2D eigenvalue weighted by molar-refractivity contribution is 0.392. The molecular weight excluding hydrogens is 383 g/mol. The van der Waals surface area contributed by atoms with Crippen LogP contribution in [0.2, 0.25) is 0 Å². The molecule has 114 valence electrons. The minimum atomic E-state index is 0. The number of aromatic nitrogens is 1. The minimum absolute atomic E-state index is 0. The summed E-state index contributed by atoms with van der Waals surface area (Å²) in [5.41, 5.74) is 8.50. The molecule has 7 heteroatoms. The number of nitrogens with zero attached hydrogens (tertiary/aromatic N) is 2. The zero-order chi connectivity index (χ0) is 14.5. The summed E-state index contributed by atoms with van der Waals surface area (Å²) >= 11 is 0. The van der Waals surface area contributed by atoms with Crippen molar-refractivity contribution in [3.63, 3.8) is 0 Å². The normalized spacial score (nSPS) is 10.9. The SMILES string of the molecule is COc1ccc(NC(N)=NCc2c(C)noc2C)cc1.I. The zero-order valence-corrected chi connectivity index (χ0v) is 14.5. The summed E-state index contributed by atoms with van der Waals surface area (Å²) in [6, 6.07) is 7.45. The molecule has 1 aromatic heterocycles. The van der Waals surface area contributed by atoms with Gasteiger partial charge in [-0.05, 0) is 38.1 Å². The van der Waals surface area contributed by atoms with E-state index in [1.165, 1.54) is 0 Å². The van der Waals surface area contributed by atoms with E-state index in [0.717, 1.165) is 28.5 Å². The van der Waals surface area contributed by atoms with Gasteiger partial charge >= 0.3 is 0 Å². The number of nitrogens with one attached hydrogen (secondary N) is 1. The second-order valence-corrected chi connectivity index (χ2v) is 4.36. The average molecular weight is 402 g/mol. The van der Waals surface area contributed by atoms with E-state index in [1.807, 2.05) is 38.1 Å². The van der Waals surface area contributed by atoms with Gasteiger partial charge in [0.2, 0.25) is 0 Å². The van der Waals surface area contributed by atoms with Gasteiger partial charge in [0, 0.05) is 11.3 Å². The molecule has 0 fully saturated rings. The number of halogens is 1. The minimum Gasteiger partial charge on any atom is -0.497 e. The smallest absolute Gasteiger partial charge is 0.193 e. The first-order valence-corrected chi connectivity index (χ1v) is 6.23. The summed E-state index contributed by atoms with van der Waals surface area (Å²) in [7, 11) is 1.63. The molecule has 1 aromatic carbocycles. The Morgan fingerprint density at radius 3 is 2.52 bits per heavy atom. The first kappa shape index (κ1) is 17.3. The number of aliphatic imine (C=N–C) groups is 1. The first-order chi connectivity index (χ1) is 9.60. The van der Waals surface area contributed by atoms with Gasteiger partial charge in [-0.25, -0.2) is 4.99 Å². The van der Waals surface area contributed by atoms with Gasteiger partial charge < -0.3 is 20.3 Å². The number of nitrogens with two attached hydrogens (primary N) is 1. The predicted molar refractivity (Wildman–Crippen MR) is 93.3 cm³/mol. The molecule has 0 aliphatic carbocycles. The van der Waals surface area contributed by atoms with Crippen molar-refractivity contribution in [2.75, 3.05) is 12.4 Å². The van der Waals surface area contributed by atoms with Crippen molar-refractivity contribution in [1.82, 2.24) is 5.16 Å². The monoisotopic (exact) mass is 402 g/mol. The van der Waals surface area contributed by atoms with Crippen LogP contribution in [0.15, 0.2) is 33.8 Å². The van der Waals surface area contributed by atoms with Crippen molar-refractivity contribution in [2.24, 2.45) is 10.7 Å². The summed E-state index contributed by atoms with van der Waals surface area (Å²) in [6.07, 6.45) is 0. The predicted octanol–water partition coefficient (Wildman–Crippen LogP) is 2.84. The third-order valence-corrected chi connectivity index (χ3v) is 2.95. The molecule has 0 atom stereocenters. The highest BCUT2D eigenvalue weighted by molar-refractivity contribution is 14.0. The van der Waals surface area contributed by atoms with Crippen molar-refractivity contribution in [1.29, 1.82) is 0 Å². The number of methoxy groups -OCH3 is 1. The molecule has 6 nitrogen and oxygen atoms in total. The highest BCUT2D eigenvalue weighted by atomic mass is 127. The third-order valence-electron chi connectivity index (χ3n) is 2.95. The maximum absolute atomic E-state index is 5.85. The van der Waals surface area contributed by atoms with Crippen LogP contribution >= 0.6 is 24.0 Å². The Hall–Kier alpha value is -1.77. The Morgan fingerprint density at radius 1 is 1.33 bits per heavy atom. The lowest BCUT2D eigenvalue weighted by atomic mass is 10.2. The highest BCUT2D eigenvalue weighted by Gasteiger charge is 2.07. The van der Waals surface area contributed by atoms with E-state index in [4.69, 9.17) is 15.0 Å². The van der Waals surface area contributed by atoms with E-state index in [0.29, 0.717) is 12.5 Å².